The van der Waals surface area contributed by atoms with E-state index in [9.17, 15) is 9.50 Å². The third-order valence-corrected chi connectivity index (χ3v) is 4.75. The Morgan fingerprint density at radius 3 is 2.60 bits per heavy atom. The lowest BCUT2D eigenvalue weighted by Gasteiger charge is -2.33. The molecular formula is C15H20Cl2FNO. The normalized spacial score (nSPS) is 19.9. The lowest BCUT2D eigenvalue weighted by molar-refractivity contribution is 0.00300. The van der Waals surface area contributed by atoms with E-state index in [0.29, 0.717) is 17.1 Å². The zero-order valence-electron chi connectivity index (χ0n) is 11.6. The minimum atomic E-state index is -0.668. The molecule has 0 aliphatic heterocycles. The summed E-state index contributed by atoms with van der Waals surface area (Å²) in [5, 5.41) is 14.2. The molecule has 0 bridgehead atoms. The van der Waals surface area contributed by atoms with Crippen LogP contribution >= 0.6 is 23.2 Å². The largest absolute Gasteiger partial charge is 0.389 e. The number of hydrogen-bond acceptors (Lipinski definition) is 2. The highest BCUT2D eigenvalue weighted by Gasteiger charge is 2.29. The van der Waals surface area contributed by atoms with Crippen molar-refractivity contribution in [2.24, 2.45) is 0 Å². The molecule has 0 spiro atoms. The molecule has 0 radical (unpaired) electrons. The molecule has 1 fully saturated rings. The number of nitrogens with one attached hydrogen (secondary N) is 1. The number of aliphatic hydroxyl groups is 1. The molecule has 0 amide bonds. The van der Waals surface area contributed by atoms with Crippen LogP contribution < -0.4 is 5.32 Å². The predicted octanol–water partition coefficient (Wildman–Crippen LogP) is 4.48. The average Bonchev–Trinajstić information content (AvgIpc) is 2.42. The number of halogens is 3. The first-order valence-corrected chi connectivity index (χ1v) is 7.78. The van der Waals surface area contributed by atoms with Crippen molar-refractivity contribution >= 4 is 23.2 Å². The molecule has 1 unspecified atom stereocenters. The lowest BCUT2D eigenvalue weighted by atomic mass is 9.84. The van der Waals surface area contributed by atoms with Crippen LogP contribution in [-0.2, 0) is 0 Å². The maximum absolute atomic E-state index is 13.5. The SMILES string of the molecule is CC(NCC1(O)CCCCC1)c1c(Cl)ccc(F)c1Cl. The van der Waals surface area contributed by atoms with E-state index in [-0.39, 0.29) is 11.1 Å². The molecule has 112 valence electrons. The summed E-state index contributed by atoms with van der Waals surface area (Å²) in [4.78, 5) is 0. The summed E-state index contributed by atoms with van der Waals surface area (Å²) >= 11 is 12.1. The monoisotopic (exact) mass is 319 g/mol. The molecule has 0 aromatic heterocycles. The zero-order chi connectivity index (χ0) is 14.8. The van der Waals surface area contributed by atoms with Crippen molar-refractivity contribution in [3.63, 3.8) is 0 Å². The van der Waals surface area contributed by atoms with Crippen molar-refractivity contribution in [3.05, 3.63) is 33.6 Å². The molecule has 2 rings (SSSR count). The quantitative estimate of drug-likeness (QED) is 0.802. The molecule has 1 atom stereocenters. The first kappa shape index (κ1) is 16.0. The molecule has 5 heteroatoms. The first-order chi connectivity index (χ1) is 9.43. The van der Waals surface area contributed by atoms with Gasteiger partial charge in [-0.05, 0) is 31.9 Å². The van der Waals surface area contributed by atoms with E-state index in [1.54, 1.807) is 0 Å². The fourth-order valence-corrected chi connectivity index (χ4v) is 3.47. The van der Waals surface area contributed by atoms with E-state index in [0.717, 1.165) is 25.7 Å². The summed E-state index contributed by atoms with van der Waals surface area (Å²) in [6.07, 6.45) is 4.89. The second kappa shape index (κ2) is 6.61. The average molecular weight is 320 g/mol. The summed E-state index contributed by atoms with van der Waals surface area (Å²) in [5.41, 5.74) is -0.119. The van der Waals surface area contributed by atoms with Gasteiger partial charge in [-0.3, -0.25) is 0 Å². The number of rotatable bonds is 4. The standard InChI is InChI=1S/C15H20Cl2FNO/c1-10(13-11(16)5-6-12(18)14(13)17)19-9-15(20)7-3-2-4-8-15/h5-6,10,19-20H,2-4,7-9H2,1H3. The minimum Gasteiger partial charge on any atom is -0.389 e. The Bertz CT molecular complexity index is 475. The topological polar surface area (TPSA) is 32.3 Å². The minimum absolute atomic E-state index is 0.0492. The van der Waals surface area contributed by atoms with Gasteiger partial charge < -0.3 is 10.4 Å². The highest BCUT2D eigenvalue weighted by Crippen LogP contribution is 2.33. The molecule has 1 saturated carbocycles. The smallest absolute Gasteiger partial charge is 0.142 e. The Morgan fingerprint density at radius 2 is 1.95 bits per heavy atom. The van der Waals surface area contributed by atoms with E-state index in [1.807, 2.05) is 6.92 Å². The fourth-order valence-electron chi connectivity index (χ4n) is 2.77. The van der Waals surface area contributed by atoms with Crippen molar-refractivity contribution in [3.8, 4) is 0 Å². The van der Waals surface area contributed by atoms with Gasteiger partial charge in [-0.2, -0.15) is 0 Å². The van der Waals surface area contributed by atoms with Crippen LogP contribution in [0.3, 0.4) is 0 Å². The Kier molecular flexibility index (Phi) is 5.30. The number of benzene rings is 1. The van der Waals surface area contributed by atoms with Crippen LogP contribution in [-0.4, -0.2) is 17.3 Å². The van der Waals surface area contributed by atoms with Gasteiger partial charge in [0.1, 0.15) is 5.82 Å². The maximum Gasteiger partial charge on any atom is 0.142 e. The van der Waals surface area contributed by atoms with Gasteiger partial charge in [0.05, 0.1) is 10.6 Å². The van der Waals surface area contributed by atoms with Crippen LogP contribution in [0.2, 0.25) is 10.0 Å². The summed E-state index contributed by atoms with van der Waals surface area (Å²) in [6, 6.07) is 2.55. The van der Waals surface area contributed by atoms with Crippen LogP contribution in [0.25, 0.3) is 0 Å². The highest BCUT2D eigenvalue weighted by atomic mass is 35.5. The molecule has 2 N–H and O–H groups in total. The van der Waals surface area contributed by atoms with Gasteiger partial charge in [0.2, 0.25) is 0 Å². The summed E-state index contributed by atoms with van der Waals surface area (Å²) in [7, 11) is 0. The Morgan fingerprint density at radius 1 is 1.30 bits per heavy atom. The van der Waals surface area contributed by atoms with E-state index in [4.69, 9.17) is 23.2 Å². The van der Waals surface area contributed by atoms with Crippen molar-refractivity contribution < 1.29 is 9.50 Å². The van der Waals surface area contributed by atoms with Gasteiger partial charge in [-0.1, -0.05) is 42.5 Å². The van der Waals surface area contributed by atoms with Gasteiger partial charge >= 0.3 is 0 Å². The van der Waals surface area contributed by atoms with Gasteiger partial charge in [-0.15, -0.1) is 0 Å². The Hall–Kier alpha value is -0.350. The van der Waals surface area contributed by atoms with Crippen LogP contribution in [0.5, 0.6) is 0 Å². The third kappa shape index (κ3) is 3.64. The second-order valence-corrected chi connectivity index (χ2v) is 6.43. The van der Waals surface area contributed by atoms with Crippen LogP contribution in [0.1, 0.15) is 50.6 Å². The van der Waals surface area contributed by atoms with E-state index in [1.165, 1.54) is 18.6 Å². The zero-order valence-corrected chi connectivity index (χ0v) is 13.1. The third-order valence-electron chi connectivity index (χ3n) is 4.03. The fraction of sp³-hybridized carbons (Fsp3) is 0.600. The van der Waals surface area contributed by atoms with Crippen molar-refractivity contribution in [2.75, 3.05) is 6.54 Å². The van der Waals surface area contributed by atoms with Gasteiger partial charge in [0, 0.05) is 23.2 Å². The Balaban J connectivity index is 2.05. The van der Waals surface area contributed by atoms with Gasteiger partial charge in [-0.25, -0.2) is 4.39 Å². The molecule has 20 heavy (non-hydrogen) atoms. The van der Waals surface area contributed by atoms with Gasteiger partial charge in [0.25, 0.3) is 0 Å². The summed E-state index contributed by atoms with van der Waals surface area (Å²) in [6.45, 7) is 2.34. The van der Waals surface area contributed by atoms with Crippen LogP contribution in [0.15, 0.2) is 12.1 Å². The first-order valence-electron chi connectivity index (χ1n) is 7.02. The molecule has 1 aromatic carbocycles. The molecular weight excluding hydrogens is 300 g/mol. The molecule has 1 aliphatic carbocycles. The second-order valence-electron chi connectivity index (χ2n) is 5.64. The van der Waals surface area contributed by atoms with Crippen LogP contribution in [0.4, 0.5) is 4.39 Å². The molecule has 1 aliphatic rings. The lowest BCUT2D eigenvalue weighted by Crippen LogP contribution is -2.43. The molecule has 2 nitrogen and oxygen atoms in total. The molecule has 0 saturated heterocycles. The number of hydrogen-bond donors (Lipinski definition) is 2. The summed E-state index contributed by atoms with van der Waals surface area (Å²) < 4.78 is 13.5. The van der Waals surface area contributed by atoms with Gasteiger partial charge in [0.15, 0.2) is 0 Å². The van der Waals surface area contributed by atoms with E-state index < -0.39 is 11.4 Å². The highest BCUT2D eigenvalue weighted by molar-refractivity contribution is 6.36. The Labute approximate surface area is 129 Å². The predicted molar refractivity (Wildman–Crippen MR) is 80.9 cm³/mol. The molecule has 0 heterocycles. The van der Waals surface area contributed by atoms with Crippen molar-refractivity contribution in [1.82, 2.24) is 5.32 Å². The van der Waals surface area contributed by atoms with E-state index in [2.05, 4.69) is 5.32 Å². The molecule has 1 aromatic rings. The van der Waals surface area contributed by atoms with Crippen LogP contribution in [0, 0.1) is 5.82 Å². The summed E-state index contributed by atoms with van der Waals surface area (Å²) in [5.74, 6) is -0.476. The van der Waals surface area contributed by atoms with Crippen molar-refractivity contribution in [2.45, 2.75) is 50.7 Å². The maximum atomic E-state index is 13.5. The van der Waals surface area contributed by atoms with E-state index >= 15 is 0 Å². The van der Waals surface area contributed by atoms with Crippen molar-refractivity contribution in [1.29, 1.82) is 0 Å².